The summed E-state index contributed by atoms with van der Waals surface area (Å²) in [7, 11) is 0. The van der Waals surface area contributed by atoms with E-state index < -0.39 is 0 Å². The molecule has 0 aliphatic rings. The van der Waals surface area contributed by atoms with Gasteiger partial charge in [-0.3, -0.25) is 0 Å². The molecule has 29 heavy (non-hydrogen) atoms. The van der Waals surface area contributed by atoms with E-state index in [1.807, 2.05) is 0 Å². The molecule has 0 aromatic rings. The van der Waals surface area contributed by atoms with E-state index in [1.165, 1.54) is 148 Å². The summed E-state index contributed by atoms with van der Waals surface area (Å²) in [6, 6.07) is 0. The SMILES string of the molecule is CCCCCCCCCCCCC/C=C/CCCCCCCCCCCCCO. The standard InChI is InChI=1S/C28H56O/c1-2-3-4-5-6-7-8-9-10-11-12-13-14-15-16-17-18-19-20-21-22-23-24-25-26-27-28-29/h14-15,29H,2-13,16-28H2,1H3/b15-14+. The van der Waals surface area contributed by atoms with Gasteiger partial charge < -0.3 is 5.11 Å². The molecule has 0 aliphatic heterocycles. The highest BCUT2D eigenvalue weighted by atomic mass is 16.2. The molecular formula is C28H56O. The normalized spacial score (nSPS) is 11.7. The summed E-state index contributed by atoms with van der Waals surface area (Å²) in [5, 5.41) is 8.74. The molecule has 0 amide bonds. The van der Waals surface area contributed by atoms with Gasteiger partial charge >= 0.3 is 0 Å². The van der Waals surface area contributed by atoms with Crippen LogP contribution in [0.25, 0.3) is 0 Å². The van der Waals surface area contributed by atoms with Crippen LogP contribution in [0.3, 0.4) is 0 Å². The van der Waals surface area contributed by atoms with Crippen LogP contribution in [0.2, 0.25) is 0 Å². The van der Waals surface area contributed by atoms with Crippen LogP contribution in [0, 0.1) is 0 Å². The molecule has 0 bridgehead atoms. The lowest BCUT2D eigenvalue weighted by Gasteiger charge is -2.02. The number of aliphatic hydroxyl groups excluding tert-OH is 1. The minimum atomic E-state index is 0.370. The predicted octanol–water partition coefficient (Wildman–Crippen LogP) is 9.92. The van der Waals surface area contributed by atoms with Crippen molar-refractivity contribution in [2.24, 2.45) is 0 Å². The average molecular weight is 409 g/mol. The summed E-state index contributed by atoms with van der Waals surface area (Å²) in [6.07, 6.45) is 38.1. The molecule has 1 N–H and O–H groups in total. The summed E-state index contributed by atoms with van der Waals surface area (Å²) in [6.45, 7) is 2.66. The Labute approximate surface area is 185 Å². The molecule has 0 heterocycles. The summed E-state index contributed by atoms with van der Waals surface area (Å²) >= 11 is 0. The average Bonchev–Trinajstić information content (AvgIpc) is 2.74. The zero-order valence-electron chi connectivity index (χ0n) is 20.3. The first-order valence-corrected chi connectivity index (χ1v) is 13.7. The van der Waals surface area contributed by atoms with Gasteiger partial charge in [0.05, 0.1) is 0 Å². The maximum absolute atomic E-state index is 8.74. The van der Waals surface area contributed by atoms with E-state index in [-0.39, 0.29) is 0 Å². The number of unbranched alkanes of at least 4 members (excludes halogenated alkanes) is 22. The second-order valence-corrected chi connectivity index (χ2v) is 9.20. The van der Waals surface area contributed by atoms with Gasteiger partial charge in [-0.05, 0) is 32.1 Å². The highest BCUT2D eigenvalue weighted by Crippen LogP contribution is 2.13. The van der Waals surface area contributed by atoms with Crippen molar-refractivity contribution in [2.75, 3.05) is 6.61 Å². The van der Waals surface area contributed by atoms with Gasteiger partial charge in [0.1, 0.15) is 0 Å². The quantitative estimate of drug-likeness (QED) is 0.118. The molecule has 0 rings (SSSR count). The second kappa shape index (κ2) is 27.7. The predicted molar refractivity (Wildman–Crippen MR) is 133 cm³/mol. The third-order valence-corrected chi connectivity index (χ3v) is 6.17. The largest absolute Gasteiger partial charge is 0.396 e. The molecule has 0 saturated carbocycles. The van der Waals surface area contributed by atoms with Gasteiger partial charge in [-0.1, -0.05) is 141 Å². The smallest absolute Gasteiger partial charge is 0.0431 e. The molecule has 0 radical (unpaired) electrons. The van der Waals surface area contributed by atoms with Gasteiger partial charge in [-0.2, -0.15) is 0 Å². The van der Waals surface area contributed by atoms with E-state index in [0.717, 1.165) is 6.42 Å². The first kappa shape index (κ1) is 28.7. The second-order valence-electron chi connectivity index (χ2n) is 9.20. The third-order valence-electron chi connectivity index (χ3n) is 6.17. The Morgan fingerprint density at radius 3 is 0.966 bits per heavy atom. The summed E-state index contributed by atoms with van der Waals surface area (Å²) in [5.41, 5.74) is 0. The van der Waals surface area contributed by atoms with E-state index in [4.69, 9.17) is 5.11 Å². The van der Waals surface area contributed by atoms with E-state index in [0.29, 0.717) is 6.61 Å². The van der Waals surface area contributed by atoms with Crippen LogP contribution < -0.4 is 0 Å². The molecule has 174 valence electrons. The van der Waals surface area contributed by atoms with Gasteiger partial charge in [-0.15, -0.1) is 0 Å². The summed E-state index contributed by atoms with van der Waals surface area (Å²) in [4.78, 5) is 0. The molecule has 0 spiro atoms. The Morgan fingerprint density at radius 1 is 0.379 bits per heavy atom. The molecule has 0 unspecified atom stereocenters. The Morgan fingerprint density at radius 2 is 0.655 bits per heavy atom. The van der Waals surface area contributed by atoms with Crippen molar-refractivity contribution < 1.29 is 5.11 Å². The molecule has 0 saturated heterocycles. The molecule has 1 heteroatoms. The Kier molecular flexibility index (Phi) is 27.4. The van der Waals surface area contributed by atoms with Crippen LogP contribution in [0.1, 0.15) is 161 Å². The Bertz CT molecular complexity index is 297. The lowest BCUT2D eigenvalue weighted by Crippen LogP contribution is -1.84. The van der Waals surface area contributed by atoms with Crippen molar-refractivity contribution >= 4 is 0 Å². The molecule has 0 atom stereocenters. The summed E-state index contributed by atoms with van der Waals surface area (Å²) in [5.74, 6) is 0. The molecule has 0 aromatic carbocycles. The highest BCUT2D eigenvalue weighted by Gasteiger charge is 1.94. The van der Waals surface area contributed by atoms with E-state index in [2.05, 4.69) is 19.1 Å². The van der Waals surface area contributed by atoms with Gasteiger partial charge in [0.25, 0.3) is 0 Å². The van der Waals surface area contributed by atoms with Gasteiger partial charge in [-0.25, -0.2) is 0 Å². The Hall–Kier alpha value is -0.300. The van der Waals surface area contributed by atoms with Crippen LogP contribution in [-0.2, 0) is 0 Å². The molecular weight excluding hydrogens is 352 g/mol. The summed E-state index contributed by atoms with van der Waals surface area (Å²) < 4.78 is 0. The molecule has 1 nitrogen and oxygen atoms in total. The first-order valence-electron chi connectivity index (χ1n) is 13.7. The van der Waals surface area contributed by atoms with Crippen molar-refractivity contribution in [3.8, 4) is 0 Å². The van der Waals surface area contributed by atoms with Crippen LogP contribution in [0.5, 0.6) is 0 Å². The van der Waals surface area contributed by atoms with E-state index in [1.54, 1.807) is 0 Å². The maximum atomic E-state index is 8.74. The highest BCUT2D eigenvalue weighted by molar-refractivity contribution is 4.81. The van der Waals surface area contributed by atoms with Crippen molar-refractivity contribution in [2.45, 2.75) is 161 Å². The number of allylic oxidation sites excluding steroid dienone is 2. The molecule has 0 aromatic heterocycles. The first-order chi connectivity index (χ1) is 14.4. The van der Waals surface area contributed by atoms with Crippen molar-refractivity contribution in [3.63, 3.8) is 0 Å². The minimum Gasteiger partial charge on any atom is -0.396 e. The van der Waals surface area contributed by atoms with Crippen LogP contribution >= 0.6 is 0 Å². The fraction of sp³-hybridized carbons (Fsp3) is 0.929. The third kappa shape index (κ3) is 27.7. The number of aliphatic hydroxyl groups is 1. The van der Waals surface area contributed by atoms with Crippen LogP contribution in [0.15, 0.2) is 12.2 Å². The lowest BCUT2D eigenvalue weighted by atomic mass is 10.0. The Balaban J connectivity index is 3.05. The lowest BCUT2D eigenvalue weighted by molar-refractivity contribution is 0.282. The topological polar surface area (TPSA) is 20.2 Å². The monoisotopic (exact) mass is 408 g/mol. The number of hydrogen-bond donors (Lipinski definition) is 1. The van der Waals surface area contributed by atoms with E-state index in [9.17, 15) is 0 Å². The molecule has 0 aliphatic carbocycles. The van der Waals surface area contributed by atoms with Gasteiger partial charge in [0.15, 0.2) is 0 Å². The zero-order valence-corrected chi connectivity index (χ0v) is 20.3. The number of rotatable bonds is 25. The fourth-order valence-electron chi connectivity index (χ4n) is 4.13. The zero-order chi connectivity index (χ0) is 21.1. The minimum absolute atomic E-state index is 0.370. The van der Waals surface area contributed by atoms with Gasteiger partial charge in [0.2, 0.25) is 0 Å². The van der Waals surface area contributed by atoms with Gasteiger partial charge in [0, 0.05) is 6.61 Å². The van der Waals surface area contributed by atoms with Crippen molar-refractivity contribution in [3.05, 3.63) is 12.2 Å². The molecule has 0 fully saturated rings. The van der Waals surface area contributed by atoms with Crippen molar-refractivity contribution in [1.29, 1.82) is 0 Å². The van der Waals surface area contributed by atoms with Crippen molar-refractivity contribution in [1.82, 2.24) is 0 Å². The van der Waals surface area contributed by atoms with Crippen LogP contribution in [-0.4, -0.2) is 11.7 Å². The van der Waals surface area contributed by atoms with Crippen LogP contribution in [0.4, 0.5) is 0 Å². The number of hydrogen-bond acceptors (Lipinski definition) is 1. The fourth-order valence-corrected chi connectivity index (χ4v) is 4.13. The van der Waals surface area contributed by atoms with E-state index >= 15 is 0 Å². The maximum Gasteiger partial charge on any atom is 0.0431 e.